The van der Waals surface area contributed by atoms with E-state index in [1.54, 1.807) is 11.3 Å². The third-order valence-electron chi connectivity index (χ3n) is 4.21. The van der Waals surface area contributed by atoms with Gasteiger partial charge in [0, 0.05) is 16.3 Å². The summed E-state index contributed by atoms with van der Waals surface area (Å²) in [4.78, 5) is 24.6. The number of rotatable bonds is 5. The van der Waals surface area contributed by atoms with Gasteiger partial charge in [0.15, 0.2) is 0 Å². The van der Waals surface area contributed by atoms with Gasteiger partial charge in [-0.1, -0.05) is 0 Å². The summed E-state index contributed by atoms with van der Waals surface area (Å²) in [5, 5.41) is 13.8. The Hall–Kier alpha value is -1.36. The van der Waals surface area contributed by atoms with Gasteiger partial charge in [0.05, 0.1) is 12.0 Å². The summed E-state index contributed by atoms with van der Waals surface area (Å²) in [7, 11) is 0. The average Bonchev–Trinajstić information content (AvgIpc) is 3.16. The average molecular weight is 293 g/mol. The van der Waals surface area contributed by atoms with Gasteiger partial charge in [0.25, 0.3) is 5.91 Å². The highest BCUT2D eigenvalue weighted by Crippen LogP contribution is 2.35. The molecule has 0 bridgehead atoms. The molecule has 2 aliphatic carbocycles. The molecule has 2 N–H and O–H groups in total. The summed E-state index contributed by atoms with van der Waals surface area (Å²) in [5.74, 6) is -0.568. The van der Waals surface area contributed by atoms with Crippen molar-refractivity contribution in [2.24, 2.45) is 5.92 Å². The second-order valence-corrected chi connectivity index (χ2v) is 6.74. The van der Waals surface area contributed by atoms with Gasteiger partial charge >= 0.3 is 5.97 Å². The molecular weight excluding hydrogens is 274 g/mol. The molecule has 1 aromatic heterocycles. The summed E-state index contributed by atoms with van der Waals surface area (Å²) >= 11 is 1.67. The van der Waals surface area contributed by atoms with Crippen molar-refractivity contribution in [3.8, 4) is 0 Å². The second-order valence-electron chi connectivity index (χ2n) is 5.77. The monoisotopic (exact) mass is 293 g/mol. The number of aliphatic carboxylic acids is 1. The first-order chi connectivity index (χ1) is 9.65. The number of nitrogens with one attached hydrogen (secondary N) is 1. The van der Waals surface area contributed by atoms with Crippen LogP contribution in [-0.2, 0) is 17.6 Å². The van der Waals surface area contributed by atoms with Gasteiger partial charge in [-0.25, -0.2) is 0 Å². The molecule has 1 heterocycles. The fourth-order valence-electron chi connectivity index (χ4n) is 2.95. The van der Waals surface area contributed by atoms with Gasteiger partial charge in [-0.05, 0) is 50.0 Å². The minimum absolute atomic E-state index is 0.0305. The van der Waals surface area contributed by atoms with Crippen molar-refractivity contribution in [3.63, 3.8) is 0 Å². The molecule has 4 nitrogen and oxygen atoms in total. The number of aryl methyl sites for hydroxylation is 1. The molecule has 1 saturated carbocycles. The molecule has 3 rings (SSSR count). The largest absolute Gasteiger partial charge is 0.481 e. The summed E-state index contributed by atoms with van der Waals surface area (Å²) in [6, 6.07) is -0.209. The Labute approximate surface area is 122 Å². The fraction of sp³-hybridized carbons (Fsp3) is 0.600. The first kappa shape index (κ1) is 13.6. The maximum Gasteiger partial charge on any atom is 0.305 e. The van der Waals surface area contributed by atoms with E-state index in [1.165, 1.54) is 16.9 Å². The minimum Gasteiger partial charge on any atom is -0.481 e. The van der Waals surface area contributed by atoms with Crippen molar-refractivity contribution in [3.05, 3.63) is 21.4 Å². The Kier molecular flexibility index (Phi) is 3.78. The number of thiophene rings is 1. The third kappa shape index (κ3) is 2.87. The van der Waals surface area contributed by atoms with Crippen molar-refractivity contribution in [2.45, 2.75) is 51.0 Å². The van der Waals surface area contributed by atoms with E-state index >= 15 is 0 Å². The highest BCUT2D eigenvalue weighted by molar-refractivity contribution is 7.10. The van der Waals surface area contributed by atoms with Crippen molar-refractivity contribution < 1.29 is 14.7 Å². The molecule has 1 unspecified atom stereocenters. The lowest BCUT2D eigenvalue weighted by Crippen LogP contribution is -2.38. The first-order valence-electron chi connectivity index (χ1n) is 7.27. The van der Waals surface area contributed by atoms with Crippen LogP contribution in [0, 0.1) is 5.92 Å². The van der Waals surface area contributed by atoms with Gasteiger partial charge in [-0.2, -0.15) is 0 Å². The topological polar surface area (TPSA) is 66.4 Å². The normalized spacial score (nSPS) is 19.2. The molecule has 0 aromatic carbocycles. The number of carboxylic acids is 1. The summed E-state index contributed by atoms with van der Waals surface area (Å²) < 4.78 is 0. The molecule has 0 aliphatic heterocycles. The molecule has 2 aliphatic rings. The Morgan fingerprint density at radius 1 is 1.35 bits per heavy atom. The van der Waals surface area contributed by atoms with Crippen molar-refractivity contribution in [2.75, 3.05) is 0 Å². The van der Waals surface area contributed by atoms with E-state index in [4.69, 9.17) is 5.11 Å². The molecule has 1 fully saturated rings. The fourth-order valence-corrected chi connectivity index (χ4v) is 4.08. The maximum absolute atomic E-state index is 12.4. The SMILES string of the molecule is O=C(O)CC(NC(=O)c1csc2c1CCCC2)C1CC1. The van der Waals surface area contributed by atoms with Crippen LogP contribution < -0.4 is 5.32 Å². The van der Waals surface area contributed by atoms with E-state index < -0.39 is 5.97 Å². The number of fused-ring (bicyclic) bond motifs is 1. The number of hydrogen-bond acceptors (Lipinski definition) is 3. The van der Waals surface area contributed by atoms with Crippen LogP contribution in [0.4, 0.5) is 0 Å². The van der Waals surface area contributed by atoms with Gasteiger partial charge in [0.1, 0.15) is 0 Å². The Morgan fingerprint density at radius 3 is 2.80 bits per heavy atom. The number of carbonyl (C=O) groups is 2. The van der Waals surface area contributed by atoms with E-state index in [9.17, 15) is 9.59 Å². The molecule has 0 spiro atoms. The van der Waals surface area contributed by atoms with Gasteiger partial charge < -0.3 is 10.4 Å². The van der Waals surface area contributed by atoms with Crippen LogP contribution in [0.25, 0.3) is 0 Å². The van der Waals surface area contributed by atoms with Crippen LogP contribution in [0.3, 0.4) is 0 Å². The Morgan fingerprint density at radius 2 is 2.10 bits per heavy atom. The van der Waals surface area contributed by atoms with Crippen LogP contribution in [0.15, 0.2) is 5.38 Å². The molecular formula is C15H19NO3S. The van der Waals surface area contributed by atoms with Crippen molar-refractivity contribution in [1.82, 2.24) is 5.32 Å². The van der Waals surface area contributed by atoms with Crippen LogP contribution in [0.2, 0.25) is 0 Å². The lowest BCUT2D eigenvalue weighted by atomic mass is 9.95. The number of hydrogen-bond donors (Lipinski definition) is 2. The molecule has 108 valence electrons. The highest BCUT2D eigenvalue weighted by atomic mass is 32.1. The van der Waals surface area contributed by atoms with Gasteiger partial charge in [0.2, 0.25) is 0 Å². The summed E-state index contributed by atoms with van der Waals surface area (Å²) in [6.07, 6.45) is 6.50. The standard InChI is InChI=1S/C15H19NO3S/c17-14(18)7-12(9-5-6-9)16-15(19)11-8-20-13-4-2-1-3-10(11)13/h8-9,12H,1-7H2,(H,16,19)(H,17,18). The van der Waals surface area contributed by atoms with Crippen LogP contribution in [-0.4, -0.2) is 23.0 Å². The number of amides is 1. The van der Waals surface area contributed by atoms with Crippen molar-refractivity contribution in [1.29, 1.82) is 0 Å². The highest BCUT2D eigenvalue weighted by Gasteiger charge is 2.34. The van der Waals surface area contributed by atoms with Crippen LogP contribution >= 0.6 is 11.3 Å². The predicted molar refractivity (Wildman–Crippen MR) is 77.2 cm³/mol. The summed E-state index contributed by atoms with van der Waals surface area (Å²) in [6.45, 7) is 0. The molecule has 5 heteroatoms. The molecule has 0 radical (unpaired) electrons. The zero-order chi connectivity index (χ0) is 14.1. The second kappa shape index (κ2) is 5.56. The third-order valence-corrected chi connectivity index (χ3v) is 5.30. The maximum atomic E-state index is 12.4. The molecule has 0 saturated heterocycles. The number of carboxylic acid groups (broad SMARTS) is 1. The number of carbonyl (C=O) groups excluding carboxylic acids is 1. The Balaban J connectivity index is 1.71. The van der Waals surface area contributed by atoms with Gasteiger partial charge in [-0.3, -0.25) is 9.59 Å². The smallest absolute Gasteiger partial charge is 0.305 e. The minimum atomic E-state index is -0.838. The van der Waals surface area contributed by atoms with Crippen LogP contribution in [0.5, 0.6) is 0 Å². The molecule has 20 heavy (non-hydrogen) atoms. The summed E-state index contributed by atoms with van der Waals surface area (Å²) in [5.41, 5.74) is 1.98. The first-order valence-corrected chi connectivity index (χ1v) is 8.15. The van der Waals surface area contributed by atoms with E-state index in [0.717, 1.165) is 37.7 Å². The van der Waals surface area contributed by atoms with Crippen molar-refractivity contribution >= 4 is 23.2 Å². The van der Waals surface area contributed by atoms with E-state index in [2.05, 4.69) is 5.32 Å². The predicted octanol–water partition coefficient (Wildman–Crippen LogP) is 2.61. The molecule has 1 atom stereocenters. The molecule has 1 aromatic rings. The zero-order valence-electron chi connectivity index (χ0n) is 11.4. The Bertz CT molecular complexity index is 533. The van der Waals surface area contributed by atoms with E-state index in [0.29, 0.717) is 5.92 Å². The molecule has 1 amide bonds. The van der Waals surface area contributed by atoms with E-state index in [-0.39, 0.29) is 18.4 Å². The van der Waals surface area contributed by atoms with Gasteiger partial charge in [-0.15, -0.1) is 11.3 Å². The zero-order valence-corrected chi connectivity index (χ0v) is 12.2. The lowest BCUT2D eigenvalue weighted by Gasteiger charge is -2.17. The van der Waals surface area contributed by atoms with Crippen LogP contribution in [0.1, 0.15) is 52.9 Å². The quantitative estimate of drug-likeness (QED) is 0.877. The van der Waals surface area contributed by atoms with E-state index in [1.807, 2.05) is 5.38 Å². The lowest BCUT2D eigenvalue weighted by molar-refractivity contribution is -0.137.